The van der Waals surface area contributed by atoms with Crippen LogP contribution < -0.4 is 10.6 Å². The predicted octanol–water partition coefficient (Wildman–Crippen LogP) is 2.77. The largest absolute Gasteiger partial charge is 0.370 e. The van der Waals surface area contributed by atoms with E-state index in [4.69, 9.17) is 5.73 Å². The molecule has 0 spiro atoms. The minimum atomic E-state index is -0.805. The molecule has 2 nitrogen and oxygen atoms in total. The summed E-state index contributed by atoms with van der Waals surface area (Å²) in [5.41, 5.74) is 6.77. The first-order valence-electron chi connectivity index (χ1n) is 6.43. The molecule has 0 bridgehead atoms. The number of rotatable bonds is 2. The van der Waals surface area contributed by atoms with Gasteiger partial charge in [-0.3, -0.25) is 0 Å². The summed E-state index contributed by atoms with van der Waals surface area (Å²) >= 11 is 0. The van der Waals surface area contributed by atoms with Crippen molar-refractivity contribution in [3.63, 3.8) is 0 Å². The van der Waals surface area contributed by atoms with E-state index in [1.165, 1.54) is 12.1 Å². The van der Waals surface area contributed by atoms with Crippen molar-refractivity contribution in [2.45, 2.75) is 26.3 Å². The molecule has 2 unspecified atom stereocenters. The molecule has 100 valence electrons. The molecule has 0 saturated carbocycles. The van der Waals surface area contributed by atoms with Crippen molar-refractivity contribution in [3.8, 4) is 0 Å². The maximum Gasteiger partial charge on any atom is 0.160 e. The number of hydrogen-bond acceptors (Lipinski definition) is 2. The van der Waals surface area contributed by atoms with Crippen LogP contribution in [0.2, 0.25) is 0 Å². The first-order valence-corrected chi connectivity index (χ1v) is 6.43. The Balaban J connectivity index is 2.18. The zero-order valence-corrected chi connectivity index (χ0v) is 10.9. The van der Waals surface area contributed by atoms with Crippen LogP contribution in [0.1, 0.15) is 20.3 Å². The summed E-state index contributed by atoms with van der Waals surface area (Å²) in [7, 11) is 0. The zero-order chi connectivity index (χ0) is 13.3. The Labute approximate surface area is 107 Å². The summed E-state index contributed by atoms with van der Waals surface area (Å²) in [6.07, 6.45) is 0.998. The molecule has 0 aromatic heterocycles. The van der Waals surface area contributed by atoms with Gasteiger partial charge in [0.05, 0.1) is 0 Å². The number of anilines is 1. The lowest BCUT2D eigenvalue weighted by molar-refractivity contribution is 0.298. The van der Waals surface area contributed by atoms with Gasteiger partial charge in [0, 0.05) is 30.9 Å². The molecule has 1 aromatic rings. The van der Waals surface area contributed by atoms with Crippen molar-refractivity contribution < 1.29 is 8.78 Å². The molecule has 2 N–H and O–H groups in total. The Hall–Kier alpha value is -1.16. The molecule has 1 heterocycles. The second kappa shape index (κ2) is 5.22. The average molecular weight is 254 g/mol. The fourth-order valence-corrected chi connectivity index (χ4v) is 2.55. The van der Waals surface area contributed by atoms with E-state index >= 15 is 0 Å². The van der Waals surface area contributed by atoms with E-state index in [1.54, 1.807) is 6.07 Å². The van der Waals surface area contributed by atoms with Crippen LogP contribution in [0.4, 0.5) is 14.5 Å². The number of hydrogen-bond donors (Lipinski definition) is 1. The van der Waals surface area contributed by atoms with E-state index in [2.05, 4.69) is 18.7 Å². The highest BCUT2D eigenvalue weighted by molar-refractivity contribution is 5.47. The minimum absolute atomic E-state index is 0.0965. The number of nitrogens with zero attached hydrogens (tertiary/aromatic N) is 1. The van der Waals surface area contributed by atoms with E-state index in [0.717, 1.165) is 18.7 Å². The Morgan fingerprint density at radius 1 is 1.22 bits per heavy atom. The molecule has 4 heteroatoms. The van der Waals surface area contributed by atoms with E-state index in [-0.39, 0.29) is 6.04 Å². The molecule has 1 fully saturated rings. The molecule has 1 aromatic carbocycles. The summed E-state index contributed by atoms with van der Waals surface area (Å²) < 4.78 is 26.2. The normalized spacial score (nSPS) is 24.7. The lowest BCUT2D eigenvalue weighted by Gasteiger charge is -2.39. The number of halogens is 2. The highest BCUT2D eigenvalue weighted by Crippen LogP contribution is 2.27. The third kappa shape index (κ3) is 2.80. The molecule has 0 amide bonds. The smallest absolute Gasteiger partial charge is 0.160 e. The summed E-state index contributed by atoms with van der Waals surface area (Å²) in [5, 5.41) is 0. The molecule has 1 saturated heterocycles. The second-order valence-electron chi connectivity index (χ2n) is 5.50. The first kappa shape index (κ1) is 13.3. The third-order valence-corrected chi connectivity index (χ3v) is 3.73. The first-order chi connectivity index (χ1) is 8.47. The van der Waals surface area contributed by atoms with Crippen LogP contribution in [0.25, 0.3) is 0 Å². The lowest BCUT2D eigenvalue weighted by Crippen LogP contribution is -2.48. The molecule has 2 rings (SSSR count). The van der Waals surface area contributed by atoms with Crippen molar-refractivity contribution >= 4 is 5.69 Å². The van der Waals surface area contributed by atoms with Crippen molar-refractivity contribution in [2.75, 3.05) is 18.0 Å². The number of piperidine rings is 1. The Kier molecular flexibility index (Phi) is 3.85. The van der Waals surface area contributed by atoms with Gasteiger partial charge in [-0.1, -0.05) is 13.8 Å². The molecule has 1 aliphatic heterocycles. The van der Waals surface area contributed by atoms with E-state index < -0.39 is 11.6 Å². The Morgan fingerprint density at radius 3 is 2.56 bits per heavy atom. The van der Waals surface area contributed by atoms with Gasteiger partial charge in [-0.25, -0.2) is 8.78 Å². The minimum Gasteiger partial charge on any atom is -0.370 e. The van der Waals surface area contributed by atoms with Gasteiger partial charge in [0.2, 0.25) is 0 Å². The van der Waals surface area contributed by atoms with Gasteiger partial charge >= 0.3 is 0 Å². The molecular formula is C14H20F2N2. The van der Waals surface area contributed by atoms with Crippen LogP contribution in [0.5, 0.6) is 0 Å². The summed E-state index contributed by atoms with van der Waals surface area (Å²) in [5.74, 6) is -0.556. The Bertz CT molecular complexity index is 420. The zero-order valence-electron chi connectivity index (χ0n) is 10.9. The number of benzene rings is 1. The summed E-state index contributed by atoms with van der Waals surface area (Å²) in [6, 6.07) is 4.15. The third-order valence-electron chi connectivity index (χ3n) is 3.73. The molecule has 18 heavy (non-hydrogen) atoms. The van der Waals surface area contributed by atoms with E-state index in [0.29, 0.717) is 18.4 Å². The van der Waals surface area contributed by atoms with Gasteiger partial charge in [0.25, 0.3) is 0 Å². The fourth-order valence-electron chi connectivity index (χ4n) is 2.55. The SMILES string of the molecule is CC(C)C1CC(N)CN(c2ccc(F)c(F)c2)C1. The topological polar surface area (TPSA) is 29.3 Å². The number of nitrogens with two attached hydrogens (primary N) is 1. The molecule has 1 aliphatic rings. The summed E-state index contributed by atoms with van der Waals surface area (Å²) in [4.78, 5) is 2.06. The van der Waals surface area contributed by atoms with Crippen LogP contribution in [0.3, 0.4) is 0 Å². The Morgan fingerprint density at radius 2 is 1.94 bits per heavy atom. The lowest BCUT2D eigenvalue weighted by atomic mass is 9.85. The van der Waals surface area contributed by atoms with Crippen molar-refractivity contribution in [1.82, 2.24) is 0 Å². The van der Waals surface area contributed by atoms with Gasteiger partial charge < -0.3 is 10.6 Å². The van der Waals surface area contributed by atoms with Crippen molar-refractivity contribution in [3.05, 3.63) is 29.8 Å². The van der Waals surface area contributed by atoms with Crippen LogP contribution in [0.15, 0.2) is 18.2 Å². The van der Waals surface area contributed by atoms with Crippen LogP contribution in [-0.2, 0) is 0 Å². The monoisotopic (exact) mass is 254 g/mol. The maximum absolute atomic E-state index is 13.3. The summed E-state index contributed by atoms with van der Waals surface area (Å²) in [6.45, 7) is 5.91. The fraction of sp³-hybridized carbons (Fsp3) is 0.571. The predicted molar refractivity (Wildman–Crippen MR) is 69.5 cm³/mol. The van der Waals surface area contributed by atoms with Crippen LogP contribution >= 0.6 is 0 Å². The van der Waals surface area contributed by atoms with Gasteiger partial charge in [-0.05, 0) is 30.4 Å². The van der Waals surface area contributed by atoms with Crippen LogP contribution in [0, 0.1) is 23.5 Å². The molecule has 0 aliphatic carbocycles. The van der Waals surface area contributed by atoms with Gasteiger partial charge in [-0.2, -0.15) is 0 Å². The van der Waals surface area contributed by atoms with Gasteiger partial charge in [0.1, 0.15) is 0 Å². The van der Waals surface area contributed by atoms with E-state index in [9.17, 15) is 8.78 Å². The average Bonchev–Trinajstić information content (AvgIpc) is 2.31. The molecule has 0 radical (unpaired) electrons. The highest BCUT2D eigenvalue weighted by Gasteiger charge is 2.27. The van der Waals surface area contributed by atoms with Gasteiger partial charge in [-0.15, -0.1) is 0 Å². The molecular weight excluding hydrogens is 234 g/mol. The standard InChI is InChI=1S/C14H20F2N2/c1-9(2)10-5-11(17)8-18(7-10)12-3-4-13(15)14(16)6-12/h3-4,6,9-11H,5,7-8,17H2,1-2H3. The highest BCUT2D eigenvalue weighted by atomic mass is 19.2. The quantitative estimate of drug-likeness (QED) is 0.879. The van der Waals surface area contributed by atoms with E-state index in [1.807, 2.05) is 0 Å². The van der Waals surface area contributed by atoms with Crippen molar-refractivity contribution in [1.29, 1.82) is 0 Å². The maximum atomic E-state index is 13.3. The molecule has 2 atom stereocenters. The van der Waals surface area contributed by atoms with Gasteiger partial charge in [0.15, 0.2) is 11.6 Å². The van der Waals surface area contributed by atoms with Crippen LogP contribution in [-0.4, -0.2) is 19.1 Å². The second-order valence-corrected chi connectivity index (χ2v) is 5.50. The van der Waals surface area contributed by atoms with Crippen molar-refractivity contribution in [2.24, 2.45) is 17.6 Å².